The van der Waals surface area contributed by atoms with Gasteiger partial charge in [-0.05, 0) is 20.8 Å². The lowest BCUT2D eigenvalue weighted by Gasteiger charge is -2.36. The Hall–Kier alpha value is -2.94. The normalized spacial score (nSPS) is 15.8. The molecule has 0 unspecified atom stereocenters. The number of amides is 2. The minimum Gasteiger partial charge on any atom is -0.450 e. The Labute approximate surface area is 170 Å². The number of alkyl carbamates (subject to hydrolysis) is 1. The number of piperazine rings is 1. The van der Waals surface area contributed by atoms with Crippen LogP contribution in [0, 0.1) is 6.92 Å². The molecule has 0 bridgehead atoms. The Morgan fingerprint density at radius 2 is 1.90 bits per heavy atom. The Kier molecular flexibility index (Phi) is 6.82. The van der Waals surface area contributed by atoms with Crippen molar-refractivity contribution < 1.29 is 18.8 Å². The van der Waals surface area contributed by atoms with E-state index in [1.54, 1.807) is 11.8 Å². The molecule has 0 radical (unpaired) electrons. The minimum atomic E-state index is -0.575. The van der Waals surface area contributed by atoms with E-state index < -0.39 is 6.09 Å². The van der Waals surface area contributed by atoms with E-state index in [1.165, 1.54) is 5.56 Å². The molecule has 1 aliphatic heterocycles. The molecule has 1 saturated heterocycles. The van der Waals surface area contributed by atoms with Crippen LogP contribution in [0.5, 0.6) is 0 Å². The standard InChI is InChI=1S/C20H27N5O4/c1-4-28-20(27)21-13-17(26)25-11-9-24(10-12-25)15(3)19-22-18(23-29-19)16-7-5-14(2)6-8-16/h5-8,15H,4,9-13H2,1-3H3,(H,21,27)/t15-/m0/s1. The molecule has 1 aliphatic rings. The van der Waals surface area contributed by atoms with E-state index in [2.05, 4.69) is 20.4 Å². The van der Waals surface area contributed by atoms with E-state index >= 15 is 0 Å². The van der Waals surface area contributed by atoms with Gasteiger partial charge in [0.25, 0.3) is 0 Å². The molecule has 0 spiro atoms. The van der Waals surface area contributed by atoms with Crippen LogP contribution in [-0.2, 0) is 9.53 Å². The third-order valence-corrected chi connectivity index (χ3v) is 4.98. The first-order valence-electron chi connectivity index (χ1n) is 9.81. The van der Waals surface area contributed by atoms with Crippen molar-refractivity contribution in [2.24, 2.45) is 0 Å². The SMILES string of the molecule is CCOC(=O)NCC(=O)N1CCN([C@@H](C)c2nc(-c3ccc(C)cc3)no2)CC1. The summed E-state index contributed by atoms with van der Waals surface area (Å²) in [5, 5.41) is 6.56. The van der Waals surface area contributed by atoms with Crippen molar-refractivity contribution in [2.45, 2.75) is 26.8 Å². The van der Waals surface area contributed by atoms with Gasteiger partial charge < -0.3 is 19.5 Å². The smallest absolute Gasteiger partial charge is 0.407 e. The lowest BCUT2D eigenvalue weighted by atomic mass is 10.1. The van der Waals surface area contributed by atoms with E-state index in [0.29, 0.717) is 37.9 Å². The lowest BCUT2D eigenvalue weighted by Crippen LogP contribution is -2.51. The van der Waals surface area contributed by atoms with Gasteiger partial charge in [-0.1, -0.05) is 35.0 Å². The van der Waals surface area contributed by atoms with Gasteiger partial charge in [0.1, 0.15) is 6.54 Å². The minimum absolute atomic E-state index is 0.0448. The van der Waals surface area contributed by atoms with E-state index in [9.17, 15) is 9.59 Å². The molecule has 2 aromatic rings. The zero-order valence-corrected chi connectivity index (χ0v) is 17.1. The summed E-state index contributed by atoms with van der Waals surface area (Å²) in [6.07, 6.45) is -0.575. The summed E-state index contributed by atoms with van der Waals surface area (Å²) in [6, 6.07) is 7.94. The molecule has 9 heteroatoms. The molecule has 1 aromatic carbocycles. The fourth-order valence-electron chi connectivity index (χ4n) is 3.18. The van der Waals surface area contributed by atoms with Gasteiger partial charge in [-0.3, -0.25) is 9.69 Å². The zero-order chi connectivity index (χ0) is 20.8. The number of nitrogens with zero attached hydrogens (tertiary/aromatic N) is 4. The van der Waals surface area contributed by atoms with Gasteiger partial charge >= 0.3 is 6.09 Å². The summed E-state index contributed by atoms with van der Waals surface area (Å²) in [7, 11) is 0. The number of aryl methyl sites for hydroxylation is 1. The van der Waals surface area contributed by atoms with Gasteiger partial charge in [-0.15, -0.1) is 0 Å². The van der Waals surface area contributed by atoms with Gasteiger partial charge in [-0.25, -0.2) is 4.79 Å². The maximum absolute atomic E-state index is 12.2. The first kappa shape index (κ1) is 20.8. The zero-order valence-electron chi connectivity index (χ0n) is 17.1. The van der Waals surface area contributed by atoms with Gasteiger partial charge in [0, 0.05) is 31.7 Å². The fraction of sp³-hybridized carbons (Fsp3) is 0.500. The number of rotatable bonds is 6. The van der Waals surface area contributed by atoms with Crippen molar-refractivity contribution in [3.05, 3.63) is 35.7 Å². The monoisotopic (exact) mass is 401 g/mol. The predicted octanol–water partition coefficient (Wildman–Crippen LogP) is 2.00. The maximum Gasteiger partial charge on any atom is 0.407 e. The molecule has 3 rings (SSSR count). The maximum atomic E-state index is 12.2. The van der Waals surface area contributed by atoms with Crippen LogP contribution in [-0.4, -0.2) is 71.3 Å². The van der Waals surface area contributed by atoms with Crippen molar-refractivity contribution in [1.82, 2.24) is 25.3 Å². The molecule has 0 aliphatic carbocycles. The molecule has 0 saturated carbocycles. The van der Waals surface area contributed by atoms with E-state index in [1.807, 2.05) is 38.1 Å². The number of nitrogens with one attached hydrogen (secondary N) is 1. The largest absolute Gasteiger partial charge is 0.450 e. The lowest BCUT2D eigenvalue weighted by molar-refractivity contribution is -0.132. The second-order valence-corrected chi connectivity index (χ2v) is 6.99. The third-order valence-electron chi connectivity index (χ3n) is 4.98. The molecule has 1 fully saturated rings. The molecule has 2 heterocycles. The van der Waals surface area contributed by atoms with E-state index in [4.69, 9.17) is 9.26 Å². The highest BCUT2D eigenvalue weighted by Crippen LogP contribution is 2.23. The van der Waals surface area contributed by atoms with Crippen LogP contribution in [0.4, 0.5) is 4.79 Å². The topological polar surface area (TPSA) is 101 Å². The predicted molar refractivity (Wildman–Crippen MR) is 106 cm³/mol. The number of aromatic nitrogens is 2. The summed E-state index contributed by atoms with van der Waals surface area (Å²) in [4.78, 5) is 32.0. The number of carbonyl (C=O) groups is 2. The van der Waals surface area contributed by atoms with Gasteiger partial charge in [0.05, 0.1) is 12.6 Å². The quantitative estimate of drug-likeness (QED) is 0.790. The molecule has 1 N–H and O–H groups in total. The van der Waals surface area contributed by atoms with E-state index in [0.717, 1.165) is 5.56 Å². The third kappa shape index (κ3) is 5.32. The van der Waals surface area contributed by atoms with E-state index in [-0.39, 0.29) is 25.1 Å². The fourth-order valence-corrected chi connectivity index (χ4v) is 3.18. The summed E-state index contributed by atoms with van der Waals surface area (Å²) in [5.41, 5.74) is 2.10. The molecule has 29 heavy (non-hydrogen) atoms. The summed E-state index contributed by atoms with van der Waals surface area (Å²) >= 11 is 0. The van der Waals surface area contributed by atoms with Gasteiger partial charge in [-0.2, -0.15) is 4.98 Å². The van der Waals surface area contributed by atoms with Crippen LogP contribution < -0.4 is 5.32 Å². The van der Waals surface area contributed by atoms with Crippen LogP contribution in [0.15, 0.2) is 28.8 Å². The first-order valence-corrected chi connectivity index (χ1v) is 9.81. The molecule has 9 nitrogen and oxygen atoms in total. The summed E-state index contributed by atoms with van der Waals surface area (Å²) in [6.45, 7) is 8.52. The highest BCUT2D eigenvalue weighted by molar-refractivity contribution is 5.82. The molecule has 156 valence electrons. The summed E-state index contributed by atoms with van der Waals surface area (Å²) in [5.74, 6) is 1.01. The number of hydrogen-bond donors (Lipinski definition) is 1. The van der Waals surface area contributed by atoms with Crippen molar-refractivity contribution in [3.8, 4) is 11.4 Å². The van der Waals surface area contributed by atoms with Crippen LogP contribution >= 0.6 is 0 Å². The number of carbonyl (C=O) groups excluding carboxylic acids is 2. The van der Waals surface area contributed by atoms with Crippen LogP contribution in [0.3, 0.4) is 0 Å². The molecule has 1 atom stereocenters. The molecular formula is C20H27N5O4. The van der Waals surface area contributed by atoms with Gasteiger partial charge in [0.15, 0.2) is 0 Å². The van der Waals surface area contributed by atoms with Crippen LogP contribution in [0.2, 0.25) is 0 Å². The Morgan fingerprint density at radius 1 is 1.21 bits per heavy atom. The summed E-state index contributed by atoms with van der Waals surface area (Å²) < 4.78 is 10.2. The second kappa shape index (κ2) is 9.51. The highest BCUT2D eigenvalue weighted by atomic mass is 16.5. The number of ether oxygens (including phenoxy) is 1. The van der Waals surface area contributed by atoms with Crippen molar-refractivity contribution in [1.29, 1.82) is 0 Å². The van der Waals surface area contributed by atoms with Crippen LogP contribution in [0.1, 0.15) is 31.3 Å². The molecule has 2 amide bonds. The Balaban J connectivity index is 1.51. The highest BCUT2D eigenvalue weighted by Gasteiger charge is 2.27. The number of hydrogen-bond acceptors (Lipinski definition) is 7. The first-order chi connectivity index (χ1) is 14.0. The molecule has 1 aromatic heterocycles. The number of benzene rings is 1. The molecular weight excluding hydrogens is 374 g/mol. The van der Waals surface area contributed by atoms with Crippen molar-refractivity contribution in [3.63, 3.8) is 0 Å². The van der Waals surface area contributed by atoms with Crippen molar-refractivity contribution in [2.75, 3.05) is 39.3 Å². The van der Waals surface area contributed by atoms with Gasteiger partial charge in [0.2, 0.25) is 17.6 Å². The second-order valence-electron chi connectivity index (χ2n) is 6.99. The van der Waals surface area contributed by atoms with Crippen molar-refractivity contribution >= 4 is 12.0 Å². The average molecular weight is 401 g/mol. The van der Waals surface area contributed by atoms with Crippen LogP contribution in [0.25, 0.3) is 11.4 Å². The average Bonchev–Trinajstić information content (AvgIpc) is 3.22. The Bertz CT molecular complexity index is 828. The Morgan fingerprint density at radius 3 is 2.55 bits per heavy atom.